The molecule has 3 aromatic heterocycles. The molecule has 1 fully saturated rings. The maximum Gasteiger partial charge on any atom is 0.416 e. The Labute approximate surface area is 169 Å². The van der Waals surface area contributed by atoms with Crippen molar-refractivity contribution in [3.63, 3.8) is 0 Å². The second-order valence-corrected chi connectivity index (χ2v) is 7.27. The maximum absolute atomic E-state index is 13.0. The van der Waals surface area contributed by atoms with E-state index >= 15 is 0 Å². The number of nitrogens with zero attached hydrogens (tertiary/aromatic N) is 5. The van der Waals surface area contributed by atoms with Crippen molar-refractivity contribution in [3.05, 3.63) is 60.6 Å². The molecule has 0 saturated heterocycles. The van der Waals surface area contributed by atoms with Gasteiger partial charge in [0.05, 0.1) is 23.0 Å². The molecule has 6 nitrogen and oxygen atoms in total. The normalized spacial score (nSPS) is 14.2. The largest absolute Gasteiger partial charge is 0.416 e. The lowest BCUT2D eigenvalue weighted by molar-refractivity contribution is -0.137. The summed E-state index contributed by atoms with van der Waals surface area (Å²) in [6, 6.07) is 8.60. The summed E-state index contributed by atoms with van der Waals surface area (Å²) >= 11 is 0. The fraction of sp³-hybridized carbons (Fsp3) is 0.238. The van der Waals surface area contributed by atoms with Gasteiger partial charge in [0.15, 0.2) is 0 Å². The summed E-state index contributed by atoms with van der Waals surface area (Å²) in [5, 5.41) is 8.40. The zero-order valence-electron chi connectivity index (χ0n) is 15.7. The summed E-state index contributed by atoms with van der Waals surface area (Å²) in [5.41, 5.74) is 1.82. The van der Waals surface area contributed by atoms with Crippen LogP contribution in [-0.2, 0) is 12.7 Å². The molecule has 1 aliphatic carbocycles. The molecule has 3 heterocycles. The molecule has 0 bridgehead atoms. The number of hydrogen-bond acceptors (Lipinski definition) is 5. The van der Waals surface area contributed by atoms with Crippen LogP contribution >= 0.6 is 0 Å². The summed E-state index contributed by atoms with van der Waals surface area (Å²) in [7, 11) is 0. The smallest absolute Gasteiger partial charge is 0.333 e. The third-order valence-corrected chi connectivity index (χ3v) is 5.03. The van der Waals surface area contributed by atoms with E-state index in [1.54, 1.807) is 18.6 Å². The summed E-state index contributed by atoms with van der Waals surface area (Å²) in [6.45, 7) is 0.784. The summed E-state index contributed by atoms with van der Waals surface area (Å²) < 4.78 is 46.4. The van der Waals surface area contributed by atoms with E-state index in [1.807, 2.05) is 16.8 Å². The van der Waals surface area contributed by atoms with Crippen LogP contribution in [0.3, 0.4) is 0 Å². The van der Waals surface area contributed by atoms with Crippen LogP contribution in [-0.4, -0.2) is 24.9 Å². The van der Waals surface area contributed by atoms with Gasteiger partial charge in [-0.25, -0.2) is 0 Å². The van der Waals surface area contributed by atoms with Gasteiger partial charge < -0.3 is 4.52 Å². The van der Waals surface area contributed by atoms with Crippen LogP contribution in [0.5, 0.6) is 0 Å². The number of rotatable bonds is 5. The molecular weight excluding hydrogens is 395 g/mol. The quantitative estimate of drug-likeness (QED) is 0.457. The monoisotopic (exact) mass is 411 g/mol. The first-order valence-corrected chi connectivity index (χ1v) is 9.47. The van der Waals surface area contributed by atoms with Crippen LogP contribution in [0.25, 0.3) is 34.1 Å². The van der Waals surface area contributed by atoms with Crippen molar-refractivity contribution in [2.45, 2.75) is 25.6 Å². The lowest BCUT2D eigenvalue weighted by atomic mass is 10.1. The van der Waals surface area contributed by atoms with Gasteiger partial charge in [-0.1, -0.05) is 17.3 Å². The van der Waals surface area contributed by atoms with Crippen molar-refractivity contribution in [2.24, 2.45) is 5.92 Å². The Bertz CT molecular complexity index is 1180. The molecule has 9 heteroatoms. The van der Waals surface area contributed by atoms with E-state index in [0.29, 0.717) is 11.5 Å². The predicted octanol–water partition coefficient (Wildman–Crippen LogP) is 5.09. The number of halogens is 3. The van der Waals surface area contributed by atoms with Crippen LogP contribution in [0.1, 0.15) is 18.4 Å². The lowest BCUT2D eigenvalue weighted by Crippen LogP contribution is -2.04. The van der Waals surface area contributed by atoms with Crippen LogP contribution in [0, 0.1) is 5.92 Å². The minimum Gasteiger partial charge on any atom is -0.333 e. The lowest BCUT2D eigenvalue weighted by Gasteiger charge is -2.08. The average molecular weight is 411 g/mol. The Morgan fingerprint density at radius 3 is 2.60 bits per heavy atom. The van der Waals surface area contributed by atoms with Crippen LogP contribution in [0.15, 0.2) is 59.5 Å². The van der Waals surface area contributed by atoms with Gasteiger partial charge in [0, 0.05) is 30.1 Å². The first kappa shape index (κ1) is 18.5. The Morgan fingerprint density at radius 2 is 1.87 bits per heavy atom. The van der Waals surface area contributed by atoms with Crippen molar-refractivity contribution >= 4 is 0 Å². The molecule has 30 heavy (non-hydrogen) atoms. The number of hydrogen-bond donors (Lipinski definition) is 0. The van der Waals surface area contributed by atoms with Crippen molar-refractivity contribution in [3.8, 4) is 34.1 Å². The SMILES string of the molecule is FC(F)(F)c1cccc(-c2noc(-c3cnn(CC4CC4)c3-c3ccncc3)n2)c1. The van der Waals surface area contributed by atoms with Crippen molar-refractivity contribution in [2.75, 3.05) is 0 Å². The highest BCUT2D eigenvalue weighted by atomic mass is 19.4. The molecule has 0 spiro atoms. The molecular formula is C21H16F3N5O. The van der Waals surface area contributed by atoms with Gasteiger partial charge in [-0.15, -0.1) is 0 Å². The summed E-state index contributed by atoms with van der Waals surface area (Å²) in [6.07, 6.45) is 2.93. The van der Waals surface area contributed by atoms with Crippen LogP contribution < -0.4 is 0 Å². The van der Waals surface area contributed by atoms with E-state index < -0.39 is 11.7 Å². The molecule has 0 atom stereocenters. The molecule has 5 rings (SSSR count). The van der Waals surface area contributed by atoms with Gasteiger partial charge >= 0.3 is 6.18 Å². The zero-order chi connectivity index (χ0) is 20.7. The molecule has 0 unspecified atom stereocenters. The van der Waals surface area contributed by atoms with E-state index in [4.69, 9.17) is 4.52 Å². The third-order valence-electron chi connectivity index (χ3n) is 5.03. The van der Waals surface area contributed by atoms with E-state index in [2.05, 4.69) is 20.2 Å². The first-order valence-electron chi connectivity index (χ1n) is 9.47. The van der Waals surface area contributed by atoms with Gasteiger partial charge in [-0.3, -0.25) is 9.67 Å². The highest BCUT2D eigenvalue weighted by Gasteiger charge is 2.31. The molecule has 0 amide bonds. The van der Waals surface area contributed by atoms with Gasteiger partial charge in [0.25, 0.3) is 5.89 Å². The second-order valence-electron chi connectivity index (χ2n) is 7.27. The van der Waals surface area contributed by atoms with E-state index in [1.165, 1.54) is 25.0 Å². The number of benzene rings is 1. The van der Waals surface area contributed by atoms with Crippen LogP contribution in [0.2, 0.25) is 0 Å². The molecule has 1 aliphatic rings. The number of pyridine rings is 1. The van der Waals surface area contributed by atoms with Crippen molar-refractivity contribution < 1.29 is 17.7 Å². The van der Waals surface area contributed by atoms with E-state index in [9.17, 15) is 13.2 Å². The Balaban J connectivity index is 1.55. The molecule has 0 radical (unpaired) electrons. The minimum absolute atomic E-state index is 0.0896. The molecule has 152 valence electrons. The molecule has 0 aliphatic heterocycles. The van der Waals surface area contributed by atoms with Gasteiger partial charge in [0.1, 0.15) is 0 Å². The Kier molecular flexibility index (Phi) is 4.38. The van der Waals surface area contributed by atoms with Crippen molar-refractivity contribution in [1.82, 2.24) is 24.9 Å². The fourth-order valence-corrected chi connectivity index (χ4v) is 3.32. The summed E-state index contributed by atoms with van der Waals surface area (Å²) in [4.78, 5) is 8.41. The number of alkyl halides is 3. The molecule has 0 N–H and O–H groups in total. The summed E-state index contributed by atoms with van der Waals surface area (Å²) in [5.74, 6) is 0.893. The fourth-order valence-electron chi connectivity index (χ4n) is 3.32. The second kappa shape index (κ2) is 7.08. The minimum atomic E-state index is -4.44. The van der Waals surface area contributed by atoms with Gasteiger partial charge in [-0.2, -0.15) is 23.3 Å². The van der Waals surface area contributed by atoms with Gasteiger partial charge in [-0.05, 0) is 43.0 Å². The maximum atomic E-state index is 13.0. The van der Waals surface area contributed by atoms with Crippen LogP contribution in [0.4, 0.5) is 13.2 Å². The topological polar surface area (TPSA) is 69.6 Å². The van der Waals surface area contributed by atoms with E-state index in [-0.39, 0.29) is 17.3 Å². The molecule has 4 aromatic rings. The molecule has 1 saturated carbocycles. The van der Waals surface area contributed by atoms with Crippen molar-refractivity contribution in [1.29, 1.82) is 0 Å². The third kappa shape index (κ3) is 3.58. The van der Waals surface area contributed by atoms with E-state index in [0.717, 1.165) is 29.9 Å². The predicted molar refractivity (Wildman–Crippen MR) is 102 cm³/mol. The average Bonchev–Trinajstić information content (AvgIpc) is 3.25. The van der Waals surface area contributed by atoms with Gasteiger partial charge in [0.2, 0.25) is 5.82 Å². The standard InChI is InChI=1S/C21H16F3N5O/c22-21(23,24)16-3-1-2-15(10-16)19-27-20(30-28-19)17-11-26-29(12-13-4-5-13)18(17)14-6-8-25-9-7-14/h1-3,6-11,13H,4-5,12H2. The first-order chi connectivity index (χ1) is 14.5. The highest BCUT2D eigenvalue weighted by molar-refractivity contribution is 5.77. The Morgan fingerprint density at radius 1 is 1.07 bits per heavy atom. The Hall–Kier alpha value is -3.49. The number of aromatic nitrogens is 5. The highest BCUT2D eigenvalue weighted by Crippen LogP contribution is 2.37. The zero-order valence-corrected chi connectivity index (χ0v) is 15.7. The molecule has 1 aromatic carbocycles.